The molecule has 0 rings (SSSR count). The van der Waals surface area contributed by atoms with Crippen LogP contribution >= 0.6 is 0 Å². The van der Waals surface area contributed by atoms with Crippen molar-refractivity contribution < 1.29 is 50.6 Å². The maximum absolute atomic E-state index is 8.89. The molecule has 14 nitrogen and oxygen atoms in total. The standard InChI is InChI=1S/4C2H4O2.4H3N.2H2O/c4*1-2(3)4;;;;;;/h4*1H3,(H,3,4);4*1H3;2*1H2. The smallest absolute Gasteiger partial charge is 0.0383 e. The van der Waals surface area contributed by atoms with Gasteiger partial charge in [-0.15, -0.1) is 0 Å². The summed E-state index contributed by atoms with van der Waals surface area (Å²) >= 11 is 0. The summed E-state index contributed by atoms with van der Waals surface area (Å²) in [5.74, 6) is -4.33. The number of carboxylic acids is 4. The predicted octanol–water partition coefficient (Wildman–Crippen LogP) is -5.12. The Morgan fingerprint density at radius 2 is 0.455 bits per heavy atom. The first-order valence-electron chi connectivity index (χ1n) is 3.63. The highest BCUT2D eigenvalue weighted by atomic mass is 16.4. The van der Waals surface area contributed by atoms with E-state index in [9.17, 15) is 0 Å². The summed E-state index contributed by atoms with van der Waals surface area (Å²) in [7, 11) is 0. The molecule has 144 valence electrons. The summed E-state index contributed by atoms with van der Waals surface area (Å²) in [4.78, 5) is 35.6. The Bertz CT molecular complexity index is 173. The van der Waals surface area contributed by atoms with Crippen LogP contribution in [0.15, 0.2) is 0 Å². The fourth-order valence-electron chi connectivity index (χ4n) is 0. The minimum absolute atomic E-state index is 0. The van der Waals surface area contributed by atoms with Gasteiger partial charge in [0, 0.05) is 23.9 Å². The molecule has 20 N–H and O–H groups in total. The Balaban J connectivity index is -0.00000001000. The maximum atomic E-state index is 8.89. The van der Waals surface area contributed by atoms with Gasteiger partial charge >= 0.3 is 0 Å². The maximum Gasteiger partial charge on any atom is 0.0383 e. The van der Waals surface area contributed by atoms with E-state index in [1.54, 1.807) is 0 Å². The van der Waals surface area contributed by atoms with Gasteiger partial charge in [0.05, 0.1) is 0 Å². The van der Waals surface area contributed by atoms with Gasteiger partial charge in [0.15, 0.2) is 0 Å². The molecule has 0 aromatic heterocycles. The summed E-state index contributed by atoms with van der Waals surface area (Å²) in [6, 6.07) is 0. The number of rotatable bonds is 0. The molecule has 0 aromatic rings. The van der Waals surface area contributed by atoms with Crippen molar-refractivity contribution >= 4 is 23.9 Å². The number of carbonyl (C=O) groups excluding carboxylic acids is 4. The molecule has 0 atom stereocenters. The van der Waals surface area contributed by atoms with E-state index < -0.39 is 23.9 Å². The molecule has 0 aliphatic rings. The summed E-state index contributed by atoms with van der Waals surface area (Å²) in [6.07, 6.45) is 0. The Morgan fingerprint density at radius 3 is 0.455 bits per heavy atom. The number of hydrogen-bond acceptors (Lipinski definition) is 8. The topological polar surface area (TPSA) is 370 Å². The van der Waals surface area contributed by atoms with Crippen LogP contribution < -0.4 is 45.0 Å². The molecule has 14 heteroatoms. The second-order valence-electron chi connectivity index (χ2n) is 1.97. The Hall–Kier alpha value is -2.36. The molecule has 22 heavy (non-hydrogen) atoms. The second-order valence-corrected chi connectivity index (χ2v) is 1.97. The third kappa shape index (κ3) is 877. The van der Waals surface area contributed by atoms with Crippen molar-refractivity contribution in [3.05, 3.63) is 0 Å². The van der Waals surface area contributed by atoms with E-state index in [0.29, 0.717) is 0 Å². The lowest BCUT2D eigenvalue weighted by Gasteiger charge is -1.77. The van der Waals surface area contributed by atoms with E-state index in [0.717, 1.165) is 27.7 Å². The van der Waals surface area contributed by atoms with Gasteiger partial charge in [-0.3, -0.25) is 0 Å². The van der Waals surface area contributed by atoms with Gasteiger partial charge < -0.3 is 75.2 Å². The number of carboxylic acid groups (broad SMARTS) is 4. The highest BCUT2D eigenvalue weighted by Gasteiger charge is 1.47. The average Bonchev–Trinajstić information content (AvgIpc) is 1.76. The van der Waals surface area contributed by atoms with Crippen molar-refractivity contribution in [2.45, 2.75) is 27.7 Å². The van der Waals surface area contributed by atoms with Crippen LogP contribution in [0.25, 0.3) is 0 Å². The zero-order valence-corrected chi connectivity index (χ0v) is 14.3. The van der Waals surface area contributed by atoms with Gasteiger partial charge in [0.1, 0.15) is 0 Å². The molecule has 0 aliphatic carbocycles. The Labute approximate surface area is 128 Å². The van der Waals surface area contributed by atoms with Gasteiger partial charge in [-0.05, 0) is 27.7 Å². The first-order chi connectivity index (χ1) is 6.93. The molecule has 0 heterocycles. The lowest BCUT2D eigenvalue weighted by atomic mass is 10.9. The quantitative estimate of drug-likeness (QED) is 0.328. The summed E-state index contributed by atoms with van der Waals surface area (Å²) in [6.45, 7) is 3.89. The van der Waals surface area contributed by atoms with Crippen molar-refractivity contribution in [1.82, 2.24) is 24.6 Å². The van der Waals surface area contributed by atoms with Crippen LogP contribution in [0.4, 0.5) is 0 Å². The Morgan fingerprint density at radius 1 is 0.455 bits per heavy atom. The molecular formula is C8H32N4O10. The second kappa shape index (κ2) is 62.4. The van der Waals surface area contributed by atoms with Gasteiger partial charge in [-0.1, -0.05) is 0 Å². The molecule has 0 saturated carbocycles. The van der Waals surface area contributed by atoms with Gasteiger partial charge in [-0.25, -0.2) is 0 Å². The summed E-state index contributed by atoms with van der Waals surface area (Å²) in [5, 5.41) is 35.6. The molecule has 0 aliphatic heterocycles. The molecule has 0 spiro atoms. The van der Waals surface area contributed by atoms with E-state index in [2.05, 4.69) is 0 Å². The van der Waals surface area contributed by atoms with Crippen LogP contribution in [0.3, 0.4) is 0 Å². The van der Waals surface area contributed by atoms with E-state index in [1.165, 1.54) is 0 Å². The molecule has 0 bridgehead atoms. The molecule has 0 amide bonds. The van der Waals surface area contributed by atoms with Gasteiger partial charge in [0.25, 0.3) is 0 Å². The molecule has 0 unspecified atom stereocenters. The first kappa shape index (κ1) is 73.4. The SMILES string of the molecule is CC(=O)[O-].CC(=O)[O-].CC(=O)[O-].CC(=O)[O-].O.O.[NH4+].[NH4+].[NH4+].[NH4+]. The molecule has 0 aromatic carbocycles. The highest BCUT2D eigenvalue weighted by Crippen LogP contribution is 1.32. The third-order valence-corrected chi connectivity index (χ3v) is 0. The minimum atomic E-state index is -1.08. The molecule has 0 fully saturated rings. The van der Waals surface area contributed by atoms with Crippen LogP contribution in [-0.4, -0.2) is 34.8 Å². The van der Waals surface area contributed by atoms with Gasteiger partial charge in [-0.2, -0.15) is 0 Å². The third-order valence-electron chi connectivity index (χ3n) is 0. The van der Waals surface area contributed by atoms with Crippen molar-refractivity contribution in [2.75, 3.05) is 0 Å². The largest absolute Gasteiger partial charge is 0.550 e. The normalized spacial score (nSPS) is 4.55. The lowest BCUT2D eigenvalue weighted by molar-refractivity contribution is -0.303. The number of quaternary nitrogens is 4. The fraction of sp³-hybridized carbons (Fsp3) is 0.500. The van der Waals surface area contributed by atoms with Crippen LogP contribution in [0.2, 0.25) is 0 Å². The highest BCUT2D eigenvalue weighted by molar-refractivity contribution is 5.61. The summed E-state index contributed by atoms with van der Waals surface area (Å²) < 4.78 is 0. The zero-order valence-electron chi connectivity index (χ0n) is 14.3. The average molecular weight is 344 g/mol. The molecule has 0 radical (unpaired) electrons. The van der Waals surface area contributed by atoms with Crippen molar-refractivity contribution in [3.8, 4) is 0 Å². The fourth-order valence-corrected chi connectivity index (χ4v) is 0. The lowest BCUT2D eigenvalue weighted by Crippen LogP contribution is -2.16. The van der Waals surface area contributed by atoms with Gasteiger partial charge in [0.2, 0.25) is 0 Å². The number of aliphatic carboxylic acids is 4. The van der Waals surface area contributed by atoms with Crippen molar-refractivity contribution in [1.29, 1.82) is 0 Å². The minimum Gasteiger partial charge on any atom is -0.550 e. The zero-order chi connectivity index (χ0) is 14.3. The van der Waals surface area contributed by atoms with Crippen LogP contribution in [-0.2, 0) is 19.2 Å². The number of carbonyl (C=O) groups is 4. The Kier molecular flexibility index (Phi) is 208. The monoisotopic (exact) mass is 344 g/mol. The van der Waals surface area contributed by atoms with Crippen LogP contribution in [0, 0.1) is 0 Å². The molecule has 0 saturated heterocycles. The molecular weight excluding hydrogens is 312 g/mol. The number of hydrogen-bond donors (Lipinski definition) is 4. The van der Waals surface area contributed by atoms with Crippen LogP contribution in [0.5, 0.6) is 0 Å². The van der Waals surface area contributed by atoms with E-state index in [1.807, 2.05) is 0 Å². The van der Waals surface area contributed by atoms with E-state index in [4.69, 9.17) is 39.6 Å². The summed E-state index contributed by atoms with van der Waals surface area (Å²) in [5.41, 5.74) is 0. The van der Waals surface area contributed by atoms with E-state index in [-0.39, 0.29) is 35.6 Å². The first-order valence-corrected chi connectivity index (χ1v) is 3.63. The van der Waals surface area contributed by atoms with E-state index >= 15 is 0 Å². The van der Waals surface area contributed by atoms with Crippen LogP contribution in [0.1, 0.15) is 27.7 Å². The van der Waals surface area contributed by atoms with Crippen molar-refractivity contribution in [3.63, 3.8) is 0 Å². The predicted molar refractivity (Wildman–Crippen MR) is 73.9 cm³/mol. The van der Waals surface area contributed by atoms with Crippen molar-refractivity contribution in [2.24, 2.45) is 0 Å².